The van der Waals surface area contributed by atoms with Gasteiger partial charge in [0.1, 0.15) is 6.04 Å². The van der Waals surface area contributed by atoms with Crippen LogP contribution in [0.25, 0.3) is 11.4 Å². The lowest BCUT2D eigenvalue weighted by Crippen LogP contribution is -2.30. The van der Waals surface area contributed by atoms with Gasteiger partial charge in [-0.3, -0.25) is 4.79 Å². The van der Waals surface area contributed by atoms with E-state index < -0.39 is 0 Å². The monoisotopic (exact) mass is 315 g/mol. The minimum absolute atomic E-state index is 0.0354. The molecular weight excluding hydrogens is 290 g/mol. The van der Waals surface area contributed by atoms with Crippen LogP contribution in [-0.4, -0.2) is 16.0 Å². The zero-order valence-electron chi connectivity index (χ0n) is 14.7. The van der Waals surface area contributed by atoms with Crippen molar-refractivity contribution in [3.63, 3.8) is 0 Å². The second-order valence-electron chi connectivity index (χ2n) is 7.17. The van der Waals surface area contributed by atoms with E-state index in [4.69, 9.17) is 4.52 Å². The highest BCUT2D eigenvalue weighted by molar-refractivity contribution is 5.78. The minimum Gasteiger partial charge on any atom is -0.344 e. The molecule has 0 saturated heterocycles. The topological polar surface area (TPSA) is 68.0 Å². The molecular formula is C18H25N3O2. The number of nitrogens with one attached hydrogen (secondary N) is 1. The van der Waals surface area contributed by atoms with Crippen LogP contribution in [-0.2, 0) is 10.2 Å². The first-order valence-corrected chi connectivity index (χ1v) is 7.93. The summed E-state index contributed by atoms with van der Waals surface area (Å²) in [4.78, 5) is 16.1. The van der Waals surface area contributed by atoms with E-state index in [-0.39, 0.29) is 23.3 Å². The highest BCUT2D eigenvalue weighted by Gasteiger charge is 2.19. The average molecular weight is 315 g/mol. The fourth-order valence-electron chi connectivity index (χ4n) is 2.09. The molecule has 124 valence electrons. The van der Waals surface area contributed by atoms with E-state index in [1.807, 2.05) is 32.9 Å². The molecule has 1 N–H and O–H groups in total. The first-order valence-electron chi connectivity index (χ1n) is 7.93. The minimum atomic E-state index is -0.306. The zero-order chi connectivity index (χ0) is 17.2. The summed E-state index contributed by atoms with van der Waals surface area (Å²) in [6.45, 7) is 12.0. The third kappa shape index (κ3) is 4.18. The smallest absolute Gasteiger partial charge is 0.249 e. The molecule has 1 atom stereocenters. The molecule has 1 heterocycles. The molecule has 0 bridgehead atoms. The van der Waals surface area contributed by atoms with Crippen molar-refractivity contribution >= 4 is 5.91 Å². The SMILES string of the molecule is CC(C)C(=O)N[C@@H](C)c1nc(-c2ccc(C(C)(C)C)cc2)no1. The van der Waals surface area contributed by atoms with Crippen LogP contribution < -0.4 is 5.32 Å². The van der Waals surface area contributed by atoms with Gasteiger partial charge in [-0.2, -0.15) is 4.98 Å². The number of rotatable bonds is 4. The summed E-state index contributed by atoms with van der Waals surface area (Å²) < 4.78 is 5.28. The van der Waals surface area contributed by atoms with Crippen LogP contribution in [0.5, 0.6) is 0 Å². The molecule has 0 radical (unpaired) electrons. The number of carbonyl (C=O) groups excluding carboxylic acids is 1. The molecule has 2 aromatic rings. The average Bonchev–Trinajstić information content (AvgIpc) is 2.96. The summed E-state index contributed by atoms with van der Waals surface area (Å²) in [7, 11) is 0. The Bertz CT molecular complexity index is 666. The lowest BCUT2D eigenvalue weighted by Gasteiger charge is -2.18. The molecule has 2 rings (SSSR count). The van der Waals surface area contributed by atoms with E-state index in [1.54, 1.807) is 0 Å². The zero-order valence-corrected chi connectivity index (χ0v) is 14.7. The highest BCUT2D eigenvalue weighted by atomic mass is 16.5. The molecule has 0 aliphatic heterocycles. The number of carbonyl (C=O) groups is 1. The maximum Gasteiger partial charge on any atom is 0.249 e. The molecule has 5 nitrogen and oxygen atoms in total. The van der Waals surface area contributed by atoms with Gasteiger partial charge in [-0.1, -0.05) is 64.0 Å². The van der Waals surface area contributed by atoms with Gasteiger partial charge in [-0.25, -0.2) is 0 Å². The predicted molar refractivity (Wildman–Crippen MR) is 89.8 cm³/mol. The van der Waals surface area contributed by atoms with E-state index in [9.17, 15) is 4.79 Å². The first-order chi connectivity index (χ1) is 10.7. The van der Waals surface area contributed by atoms with Gasteiger partial charge in [0.2, 0.25) is 17.6 Å². The second-order valence-corrected chi connectivity index (χ2v) is 7.17. The molecule has 1 aromatic heterocycles. The van der Waals surface area contributed by atoms with Crippen LogP contribution in [0.4, 0.5) is 0 Å². The van der Waals surface area contributed by atoms with Crippen molar-refractivity contribution in [2.24, 2.45) is 5.92 Å². The van der Waals surface area contributed by atoms with E-state index >= 15 is 0 Å². The second kappa shape index (κ2) is 6.52. The largest absolute Gasteiger partial charge is 0.344 e. The Morgan fingerprint density at radius 1 is 1.13 bits per heavy atom. The van der Waals surface area contributed by atoms with E-state index in [2.05, 4.69) is 48.4 Å². The normalized spacial score (nSPS) is 13.2. The van der Waals surface area contributed by atoms with Gasteiger partial charge in [0.25, 0.3) is 0 Å². The van der Waals surface area contributed by atoms with Gasteiger partial charge >= 0.3 is 0 Å². The highest BCUT2D eigenvalue weighted by Crippen LogP contribution is 2.25. The van der Waals surface area contributed by atoms with Crippen molar-refractivity contribution in [2.75, 3.05) is 0 Å². The predicted octanol–water partition coefficient (Wildman–Crippen LogP) is 3.87. The maximum absolute atomic E-state index is 11.7. The van der Waals surface area contributed by atoms with Gasteiger partial charge in [-0.05, 0) is 17.9 Å². The third-order valence-electron chi connectivity index (χ3n) is 3.70. The number of benzene rings is 1. The van der Waals surface area contributed by atoms with Crippen molar-refractivity contribution < 1.29 is 9.32 Å². The van der Waals surface area contributed by atoms with Crippen LogP contribution in [0.3, 0.4) is 0 Å². The van der Waals surface area contributed by atoms with Crippen LogP contribution in [0.15, 0.2) is 28.8 Å². The van der Waals surface area contributed by atoms with Gasteiger partial charge in [0.05, 0.1) is 0 Å². The van der Waals surface area contributed by atoms with Crippen molar-refractivity contribution in [3.05, 3.63) is 35.7 Å². The molecule has 0 spiro atoms. The number of amides is 1. The Kier molecular flexibility index (Phi) is 4.88. The molecule has 5 heteroatoms. The van der Waals surface area contributed by atoms with Gasteiger partial charge in [0.15, 0.2) is 0 Å². The Labute approximate surface area is 137 Å². The van der Waals surface area contributed by atoms with E-state index in [0.717, 1.165) is 5.56 Å². The summed E-state index contributed by atoms with van der Waals surface area (Å²) in [5.74, 6) is 0.830. The lowest BCUT2D eigenvalue weighted by molar-refractivity contribution is -0.124. The Morgan fingerprint density at radius 3 is 2.26 bits per heavy atom. The van der Waals surface area contributed by atoms with Gasteiger partial charge in [-0.15, -0.1) is 0 Å². The van der Waals surface area contributed by atoms with Crippen LogP contribution >= 0.6 is 0 Å². The fraction of sp³-hybridized carbons (Fsp3) is 0.500. The Hall–Kier alpha value is -2.17. The van der Waals surface area contributed by atoms with Crippen LogP contribution in [0, 0.1) is 5.92 Å². The van der Waals surface area contributed by atoms with Crippen molar-refractivity contribution in [1.29, 1.82) is 0 Å². The van der Waals surface area contributed by atoms with Crippen LogP contribution in [0.2, 0.25) is 0 Å². The Balaban J connectivity index is 2.14. The molecule has 0 saturated carbocycles. The molecule has 1 aromatic carbocycles. The lowest BCUT2D eigenvalue weighted by atomic mass is 9.87. The standard InChI is InChI=1S/C18H25N3O2/c1-11(2)16(22)19-12(3)17-20-15(21-23-17)13-7-9-14(10-8-13)18(4,5)6/h7-12H,1-6H3,(H,19,22)/t12-/m0/s1. The first kappa shape index (κ1) is 17.2. The Morgan fingerprint density at radius 2 is 1.74 bits per heavy atom. The number of hydrogen-bond acceptors (Lipinski definition) is 4. The molecule has 23 heavy (non-hydrogen) atoms. The summed E-state index contributed by atoms with van der Waals surface area (Å²) in [5, 5.41) is 6.87. The summed E-state index contributed by atoms with van der Waals surface area (Å²) in [6.07, 6.45) is 0. The maximum atomic E-state index is 11.7. The van der Waals surface area contributed by atoms with Crippen LogP contribution in [0.1, 0.15) is 59.0 Å². The number of hydrogen-bond donors (Lipinski definition) is 1. The van der Waals surface area contributed by atoms with Gasteiger partial charge in [0, 0.05) is 11.5 Å². The summed E-state index contributed by atoms with van der Waals surface area (Å²) >= 11 is 0. The number of nitrogens with zero attached hydrogens (tertiary/aromatic N) is 2. The summed E-state index contributed by atoms with van der Waals surface area (Å²) in [5.41, 5.74) is 2.26. The van der Waals surface area contributed by atoms with E-state index in [0.29, 0.717) is 11.7 Å². The molecule has 0 aliphatic carbocycles. The third-order valence-corrected chi connectivity index (χ3v) is 3.70. The quantitative estimate of drug-likeness (QED) is 0.930. The van der Waals surface area contributed by atoms with Crippen molar-refractivity contribution in [1.82, 2.24) is 15.5 Å². The summed E-state index contributed by atoms with van der Waals surface area (Å²) in [6, 6.07) is 7.84. The molecule has 1 amide bonds. The molecule has 0 unspecified atom stereocenters. The van der Waals surface area contributed by atoms with Gasteiger partial charge < -0.3 is 9.84 Å². The molecule has 0 fully saturated rings. The fourth-order valence-corrected chi connectivity index (χ4v) is 2.09. The van der Waals surface area contributed by atoms with E-state index in [1.165, 1.54) is 5.56 Å². The molecule has 0 aliphatic rings. The number of aromatic nitrogens is 2. The van der Waals surface area contributed by atoms with Crippen molar-refractivity contribution in [3.8, 4) is 11.4 Å². The van der Waals surface area contributed by atoms with Crippen molar-refractivity contribution in [2.45, 2.75) is 53.0 Å².